The summed E-state index contributed by atoms with van der Waals surface area (Å²) in [5.41, 5.74) is 14.0. The van der Waals surface area contributed by atoms with Gasteiger partial charge in [0.05, 0.1) is 16.7 Å². The fourth-order valence-electron chi connectivity index (χ4n) is 6.96. The first kappa shape index (κ1) is 36.7. The van der Waals surface area contributed by atoms with Crippen LogP contribution in [0.25, 0.3) is 77.6 Å². The van der Waals surface area contributed by atoms with Crippen molar-refractivity contribution in [2.45, 2.75) is 26.7 Å². The molecule has 0 amide bonds. The average Bonchev–Trinajstić information content (AvgIpc) is 3.79. The Labute approximate surface area is 337 Å². The molecule has 1 radical (unpaired) electrons. The summed E-state index contributed by atoms with van der Waals surface area (Å²) in [6.45, 7) is 6.27. The summed E-state index contributed by atoms with van der Waals surface area (Å²) in [4.78, 5) is 14.0. The molecule has 5 heterocycles. The van der Waals surface area contributed by atoms with Crippen LogP contribution in [0, 0.1) is 31.8 Å². The quantitative estimate of drug-likeness (QED) is 0.161. The third-order valence-corrected chi connectivity index (χ3v) is 9.98. The third kappa shape index (κ3) is 7.15. The number of aryl methyl sites for hydroxylation is 2. The number of hydrogen-bond acceptors (Lipinski definition) is 5. The van der Waals surface area contributed by atoms with Crippen molar-refractivity contribution >= 4 is 44.0 Å². The van der Waals surface area contributed by atoms with E-state index in [1.165, 1.54) is 23.3 Å². The maximum absolute atomic E-state index is 13.3. The van der Waals surface area contributed by atoms with Crippen molar-refractivity contribution in [3.63, 3.8) is 0 Å². The molecule has 0 bridgehead atoms. The molecule has 0 spiro atoms. The summed E-state index contributed by atoms with van der Waals surface area (Å²) in [5, 5.41) is 3.18. The van der Waals surface area contributed by atoms with Crippen molar-refractivity contribution in [3.8, 4) is 33.6 Å². The molecule has 0 aliphatic carbocycles. The number of pyridine rings is 3. The van der Waals surface area contributed by atoms with Gasteiger partial charge in [0.25, 0.3) is 0 Å². The van der Waals surface area contributed by atoms with E-state index in [1.54, 1.807) is 18.3 Å². The predicted molar refractivity (Wildman–Crippen MR) is 218 cm³/mol. The molecule has 0 fully saturated rings. The molecule has 1 atom stereocenters. The van der Waals surface area contributed by atoms with Gasteiger partial charge in [0.1, 0.15) is 17.0 Å². The molecule has 0 saturated carbocycles. The van der Waals surface area contributed by atoms with Gasteiger partial charge in [0.15, 0.2) is 0 Å². The Bertz CT molecular complexity index is 2970. The molecule has 0 aliphatic rings. The third-order valence-electron chi connectivity index (χ3n) is 9.98. The van der Waals surface area contributed by atoms with Gasteiger partial charge in [-0.25, -0.2) is 9.37 Å². The Hall–Kier alpha value is -6.27. The molecule has 5 nitrogen and oxygen atoms in total. The van der Waals surface area contributed by atoms with E-state index in [0.717, 1.165) is 88.9 Å². The molecule has 0 saturated heterocycles. The molecule has 10 rings (SSSR count). The standard InChI is InChI=1S/C30H20FN2O.C19H14NO.Ir/c1-19(20-5-3-2-4-6-20)26-12-14-29-30(33-26)25-17-23(9-13-28(25)34-29)27-18-22(15-16-32-27)21-7-10-24(31)11-8-21;1-12-6-8-14-15-4-3-5-16(19(15)21-18(14)10-12)17-9-7-13(2)11-20-17;/h2-8,10-19H,1H3;3-4,6-11H,1-2H3;/q2*-1;. The Morgan fingerprint density at radius 2 is 1.46 bits per heavy atom. The van der Waals surface area contributed by atoms with Gasteiger partial charge in [-0.1, -0.05) is 90.7 Å². The number of halogens is 1. The van der Waals surface area contributed by atoms with Gasteiger partial charge in [-0.2, -0.15) is 0 Å². The van der Waals surface area contributed by atoms with Crippen LogP contribution in [0.5, 0.6) is 0 Å². The summed E-state index contributed by atoms with van der Waals surface area (Å²) >= 11 is 0. The minimum atomic E-state index is -0.253. The van der Waals surface area contributed by atoms with Crippen molar-refractivity contribution in [3.05, 3.63) is 186 Å². The van der Waals surface area contributed by atoms with E-state index < -0.39 is 0 Å². The summed E-state index contributed by atoms with van der Waals surface area (Å²) in [7, 11) is 0. The number of nitrogens with zero attached hydrogens (tertiary/aromatic N) is 3. The molecule has 275 valence electrons. The van der Waals surface area contributed by atoms with Crippen LogP contribution in [-0.4, -0.2) is 15.0 Å². The van der Waals surface area contributed by atoms with Crippen LogP contribution in [-0.2, 0) is 20.1 Å². The van der Waals surface area contributed by atoms with Gasteiger partial charge in [0, 0.05) is 49.5 Å². The molecule has 10 aromatic rings. The van der Waals surface area contributed by atoms with Gasteiger partial charge < -0.3 is 18.8 Å². The smallest absolute Gasteiger partial charge is 0.139 e. The van der Waals surface area contributed by atoms with E-state index in [0.29, 0.717) is 0 Å². The van der Waals surface area contributed by atoms with E-state index in [-0.39, 0.29) is 31.8 Å². The van der Waals surface area contributed by atoms with Gasteiger partial charge in [-0.15, -0.1) is 42.0 Å². The number of hydrogen-bond donors (Lipinski definition) is 0. The largest absolute Gasteiger partial charge is 0.501 e. The van der Waals surface area contributed by atoms with Crippen LogP contribution in [0.2, 0.25) is 0 Å². The Morgan fingerprint density at radius 3 is 2.27 bits per heavy atom. The Kier molecular flexibility index (Phi) is 10.1. The molecule has 56 heavy (non-hydrogen) atoms. The topological polar surface area (TPSA) is 65.0 Å². The molecule has 0 aliphatic heterocycles. The predicted octanol–water partition coefficient (Wildman–Crippen LogP) is 12.9. The zero-order valence-electron chi connectivity index (χ0n) is 30.8. The molecule has 0 N–H and O–H groups in total. The molecular weight excluding hydrogens is 874 g/mol. The summed E-state index contributed by atoms with van der Waals surface area (Å²) < 4.78 is 25.5. The van der Waals surface area contributed by atoms with Crippen LogP contribution >= 0.6 is 0 Å². The van der Waals surface area contributed by atoms with Crippen LogP contribution < -0.4 is 0 Å². The van der Waals surface area contributed by atoms with Crippen LogP contribution in [0.1, 0.15) is 35.2 Å². The zero-order valence-corrected chi connectivity index (χ0v) is 33.2. The molecule has 7 heteroatoms. The second-order valence-electron chi connectivity index (χ2n) is 13.8. The summed E-state index contributed by atoms with van der Waals surface area (Å²) in [5.74, 6) is -0.0866. The van der Waals surface area contributed by atoms with Gasteiger partial charge in [-0.05, 0) is 94.8 Å². The second kappa shape index (κ2) is 15.5. The van der Waals surface area contributed by atoms with Gasteiger partial charge >= 0.3 is 0 Å². The fraction of sp³-hybridized carbons (Fsp3) is 0.0816. The van der Waals surface area contributed by atoms with Crippen molar-refractivity contribution in [1.82, 2.24) is 15.0 Å². The molecule has 5 aromatic carbocycles. The maximum Gasteiger partial charge on any atom is 0.139 e. The molecule has 5 aromatic heterocycles. The van der Waals surface area contributed by atoms with Gasteiger partial charge in [-0.3, -0.25) is 0 Å². The first-order valence-electron chi connectivity index (χ1n) is 18.2. The van der Waals surface area contributed by atoms with Crippen molar-refractivity contribution < 1.29 is 33.3 Å². The molecular formula is C49H34FIrN3O2-2. The number of rotatable bonds is 5. The number of fused-ring (bicyclic) bond motifs is 6. The van der Waals surface area contributed by atoms with Gasteiger partial charge in [0.2, 0.25) is 0 Å². The first-order valence-corrected chi connectivity index (χ1v) is 18.2. The van der Waals surface area contributed by atoms with E-state index in [1.807, 2.05) is 85.9 Å². The van der Waals surface area contributed by atoms with Crippen molar-refractivity contribution in [2.75, 3.05) is 0 Å². The fourth-order valence-corrected chi connectivity index (χ4v) is 6.96. The minimum absolute atomic E-state index is 0. The monoisotopic (exact) mass is 908 g/mol. The van der Waals surface area contributed by atoms with Crippen LogP contribution in [0.15, 0.2) is 155 Å². The number of furan rings is 2. The number of benzene rings is 5. The average molecular weight is 908 g/mol. The first-order chi connectivity index (χ1) is 26.9. The summed E-state index contributed by atoms with van der Waals surface area (Å²) in [6, 6.07) is 49.5. The van der Waals surface area contributed by atoms with Crippen molar-refractivity contribution in [1.29, 1.82) is 0 Å². The minimum Gasteiger partial charge on any atom is -0.501 e. The van der Waals surface area contributed by atoms with Crippen LogP contribution in [0.3, 0.4) is 0 Å². The number of aromatic nitrogens is 3. The zero-order chi connectivity index (χ0) is 37.5. The Balaban J connectivity index is 0.000000172. The van der Waals surface area contributed by atoms with E-state index in [9.17, 15) is 4.39 Å². The van der Waals surface area contributed by atoms with Crippen LogP contribution in [0.4, 0.5) is 4.39 Å². The maximum atomic E-state index is 13.3. The molecule has 1 unspecified atom stereocenters. The van der Waals surface area contributed by atoms with E-state index in [2.05, 4.69) is 72.3 Å². The van der Waals surface area contributed by atoms with Crippen molar-refractivity contribution in [2.24, 2.45) is 0 Å². The Morgan fingerprint density at radius 1 is 0.643 bits per heavy atom. The normalized spacial score (nSPS) is 11.7. The van der Waals surface area contributed by atoms with E-state index in [4.69, 9.17) is 13.8 Å². The summed E-state index contributed by atoms with van der Waals surface area (Å²) in [6.07, 6.45) is 3.63. The van der Waals surface area contributed by atoms with E-state index >= 15 is 0 Å². The SMILES string of the molecule is CC(c1ccccc1)c1ccc2oc3c[c-]c(-c4cc(-c5ccc(F)cc5)ccn4)cc3c2n1.Cc1ccc(-c2[c-]ccc3c2oc2cc(C)ccc23)nc1.[Ir]. The second-order valence-corrected chi connectivity index (χ2v) is 13.8.